The molecule has 0 bridgehead atoms. The van der Waals surface area contributed by atoms with Gasteiger partial charge in [0.25, 0.3) is 5.91 Å². The van der Waals surface area contributed by atoms with E-state index in [1.54, 1.807) is 10.9 Å². The third-order valence-electron chi connectivity index (χ3n) is 5.27. The van der Waals surface area contributed by atoms with Gasteiger partial charge < -0.3 is 5.32 Å². The van der Waals surface area contributed by atoms with Gasteiger partial charge in [-0.25, -0.2) is 4.68 Å². The van der Waals surface area contributed by atoms with Crippen molar-refractivity contribution in [1.82, 2.24) is 30.1 Å². The van der Waals surface area contributed by atoms with Crippen LogP contribution in [0, 0.1) is 13.8 Å². The van der Waals surface area contributed by atoms with Crippen LogP contribution < -0.4 is 5.32 Å². The van der Waals surface area contributed by atoms with Crippen molar-refractivity contribution in [2.45, 2.75) is 51.6 Å². The van der Waals surface area contributed by atoms with E-state index in [-0.39, 0.29) is 18.0 Å². The van der Waals surface area contributed by atoms with Crippen LogP contribution in [0.25, 0.3) is 5.69 Å². The average Bonchev–Trinajstić information content (AvgIpc) is 3.32. The number of rotatable bonds is 4. The maximum Gasteiger partial charge on any atom is 0.274 e. The largest absolute Gasteiger partial charge is 0.346 e. The van der Waals surface area contributed by atoms with Gasteiger partial charge in [-0.1, -0.05) is 30.2 Å². The Balaban J connectivity index is 1.55. The van der Waals surface area contributed by atoms with Crippen LogP contribution in [0.15, 0.2) is 42.7 Å². The van der Waals surface area contributed by atoms with Gasteiger partial charge in [0.05, 0.1) is 23.5 Å². The van der Waals surface area contributed by atoms with Crippen molar-refractivity contribution in [3.8, 4) is 5.69 Å². The Morgan fingerprint density at radius 2 is 2.04 bits per heavy atom. The molecule has 1 amide bonds. The molecule has 1 saturated carbocycles. The summed E-state index contributed by atoms with van der Waals surface area (Å²) < 4.78 is 3.67. The van der Waals surface area contributed by atoms with Crippen molar-refractivity contribution in [1.29, 1.82) is 0 Å². The van der Waals surface area contributed by atoms with Crippen molar-refractivity contribution in [2.24, 2.45) is 0 Å². The summed E-state index contributed by atoms with van der Waals surface area (Å²) in [4.78, 5) is 12.9. The first kappa shape index (κ1) is 17.5. The first-order chi connectivity index (χ1) is 13.1. The van der Waals surface area contributed by atoms with E-state index in [1.165, 1.54) is 0 Å². The molecular formula is C20H24N6O. The molecule has 0 aliphatic heterocycles. The zero-order valence-electron chi connectivity index (χ0n) is 15.7. The van der Waals surface area contributed by atoms with Crippen LogP contribution in [-0.4, -0.2) is 36.7 Å². The summed E-state index contributed by atoms with van der Waals surface area (Å²) in [7, 11) is 0. The molecule has 3 aromatic rings. The minimum absolute atomic E-state index is 0.0506. The molecule has 7 heteroatoms. The molecule has 1 fully saturated rings. The third-order valence-corrected chi connectivity index (χ3v) is 5.27. The molecule has 1 N–H and O–H groups in total. The Bertz CT molecular complexity index is 930. The Morgan fingerprint density at radius 1 is 1.19 bits per heavy atom. The molecule has 1 aliphatic carbocycles. The van der Waals surface area contributed by atoms with Gasteiger partial charge >= 0.3 is 0 Å². The maximum atomic E-state index is 12.9. The summed E-state index contributed by atoms with van der Waals surface area (Å²) in [5.74, 6) is -0.171. The Kier molecular flexibility index (Phi) is 4.75. The van der Waals surface area contributed by atoms with Crippen molar-refractivity contribution in [3.05, 3.63) is 59.7 Å². The second kappa shape index (κ2) is 7.34. The van der Waals surface area contributed by atoms with Crippen LogP contribution in [0.2, 0.25) is 0 Å². The minimum Gasteiger partial charge on any atom is -0.346 e. The van der Waals surface area contributed by atoms with Crippen LogP contribution in [0.3, 0.4) is 0 Å². The molecule has 27 heavy (non-hydrogen) atoms. The van der Waals surface area contributed by atoms with Crippen LogP contribution in [0.4, 0.5) is 0 Å². The normalized spacial score (nSPS) is 19.8. The molecule has 2 aromatic heterocycles. The van der Waals surface area contributed by atoms with E-state index in [0.717, 1.165) is 42.6 Å². The number of carbonyl (C=O) groups is 1. The maximum absolute atomic E-state index is 12.9. The van der Waals surface area contributed by atoms with Gasteiger partial charge in [0.1, 0.15) is 0 Å². The van der Waals surface area contributed by atoms with E-state index in [0.29, 0.717) is 5.69 Å². The number of nitrogens with zero attached hydrogens (tertiary/aromatic N) is 5. The van der Waals surface area contributed by atoms with Gasteiger partial charge in [-0.3, -0.25) is 9.48 Å². The molecule has 0 unspecified atom stereocenters. The van der Waals surface area contributed by atoms with Crippen molar-refractivity contribution >= 4 is 5.91 Å². The standard InChI is InChI=1S/C20H24N6O/c1-14-7-5-8-16(13-14)26-15(2)19(23-24-26)20(27)22-17-9-3-4-10-18(17)25-12-6-11-21-25/h5-8,11-13,17-18H,3-4,9-10H2,1-2H3,(H,22,27)/t17-,18+/m1/s1. The zero-order valence-corrected chi connectivity index (χ0v) is 15.7. The zero-order chi connectivity index (χ0) is 18.8. The van der Waals surface area contributed by atoms with Crippen LogP contribution in [0.5, 0.6) is 0 Å². The first-order valence-electron chi connectivity index (χ1n) is 9.43. The monoisotopic (exact) mass is 364 g/mol. The lowest BCUT2D eigenvalue weighted by molar-refractivity contribution is 0.0899. The van der Waals surface area contributed by atoms with E-state index in [2.05, 4.69) is 20.7 Å². The van der Waals surface area contributed by atoms with E-state index in [1.807, 2.05) is 55.1 Å². The smallest absolute Gasteiger partial charge is 0.274 e. The minimum atomic E-state index is -0.171. The van der Waals surface area contributed by atoms with E-state index in [4.69, 9.17) is 0 Å². The highest BCUT2D eigenvalue weighted by molar-refractivity contribution is 5.93. The summed E-state index contributed by atoms with van der Waals surface area (Å²) in [5, 5.41) is 15.9. The predicted octanol–water partition coefficient (Wildman–Crippen LogP) is 2.99. The topological polar surface area (TPSA) is 77.6 Å². The van der Waals surface area contributed by atoms with Crippen LogP contribution in [0.1, 0.15) is 53.5 Å². The Morgan fingerprint density at radius 3 is 2.81 bits per heavy atom. The van der Waals surface area contributed by atoms with Crippen molar-refractivity contribution in [3.63, 3.8) is 0 Å². The van der Waals surface area contributed by atoms with Gasteiger partial charge in [0, 0.05) is 12.4 Å². The summed E-state index contributed by atoms with van der Waals surface area (Å²) in [6.07, 6.45) is 7.97. The highest BCUT2D eigenvalue weighted by Gasteiger charge is 2.30. The number of benzene rings is 1. The number of hydrogen-bond acceptors (Lipinski definition) is 4. The molecule has 1 aromatic carbocycles. The molecule has 2 heterocycles. The van der Waals surface area contributed by atoms with E-state index >= 15 is 0 Å². The summed E-state index contributed by atoms with van der Waals surface area (Å²) in [5.41, 5.74) is 3.16. The third kappa shape index (κ3) is 3.49. The van der Waals surface area contributed by atoms with Crippen LogP contribution >= 0.6 is 0 Å². The predicted molar refractivity (Wildman–Crippen MR) is 102 cm³/mol. The fourth-order valence-corrected chi connectivity index (χ4v) is 3.85. The molecule has 4 rings (SSSR count). The highest BCUT2D eigenvalue weighted by atomic mass is 16.2. The molecule has 1 aliphatic rings. The number of nitrogens with one attached hydrogen (secondary N) is 1. The van der Waals surface area contributed by atoms with Gasteiger partial charge in [0.15, 0.2) is 5.69 Å². The van der Waals surface area contributed by atoms with Crippen molar-refractivity contribution in [2.75, 3.05) is 0 Å². The molecule has 0 saturated heterocycles. The molecule has 2 atom stereocenters. The quantitative estimate of drug-likeness (QED) is 0.772. The lowest BCUT2D eigenvalue weighted by Crippen LogP contribution is -2.43. The van der Waals surface area contributed by atoms with Crippen molar-refractivity contribution < 1.29 is 4.79 Å². The molecule has 0 spiro atoms. The van der Waals surface area contributed by atoms with Gasteiger partial charge in [-0.05, 0) is 50.5 Å². The Hall–Kier alpha value is -2.96. The number of hydrogen-bond donors (Lipinski definition) is 1. The summed E-state index contributed by atoms with van der Waals surface area (Å²) in [6.45, 7) is 3.91. The molecule has 140 valence electrons. The fourth-order valence-electron chi connectivity index (χ4n) is 3.85. The average molecular weight is 364 g/mol. The lowest BCUT2D eigenvalue weighted by Gasteiger charge is -2.32. The van der Waals surface area contributed by atoms with E-state index < -0.39 is 0 Å². The fraction of sp³-hybridized carbons (Fsp3) is 0.400. The Labute approximate surface area is 158 Å². The van der Waals surface area contributed by atoms with E-state index in [9.17, 15) is 4.79 Å². The first-order valence-corrected chi connectivity index (χ1v) is 9.43. The van der Waals surface area contributed by atoms with Crippen LogP contribution in [-0.2, 0) is 0 Å². The van der Waals surface area contributed by atoms with Gasteiger partial charge in [-0.2, -0.15) is 5.10 Å². The molecular weight excluding hydrogens is 340 g/mol. The second-order valence-electron chi connectivity index (χ2n) is 7.19. The van der Waals surface area contributed by atoms with Gasteiger partial charge in [-0.15, -0.1) is 5.10 Å². The lowest BCUT2D eigenvalue weighted by atomic mass is 9.90. The SMILES string of the molecule is Cc1cccc(-n2nnc(C(=O)N[C@@H]3CCCC[C@@H]3n3cccn3)c2C)c1. The number of amides is 1. The number of aryl methyl sites for hydroxylation is 1. The molecule has 0 radical (unpaired) electrons. The second-order valence-corrected chi connectivity index (χ2v) is 7.19. The molecule has 7 nitrogen and oxygen atoms in total. The number of aromatic nitrogens is 5. The van der Waals surface area contributed by atoms with Gasteiger partial charge in [0.2, 0.25) is 0 Å². The summed E-state index contributed by atoms with van der Waals surface area (Å²) >= 11 is 0. The summed E-state index contributed by atoms with van der Waals surface area (Å²) in [6, 6.07) is 10.2. The highest BCUT2D eigenvalue weighted by Crippen LogP contribution is 2.28. The number of carbonyl (C=O) groups excluding carboxylic acids is 1.